The van der Waals surface area contributed by atoms with Crippen LogP contribution < -0.4 is 0 Å². The van der Waals surface area contributed by atoms with E-state index in [9.17, 15) is 14.7 Å². The summed E-state index contributed by atoms with van der Waals surface area (Å²) < 4.78 is 6.25. The van der Waals surface area contributed by atoms with Gasteiger partial charge in [0.15, 0.2) is 5.16 Å². The number of hydrogen-bond donors (Lipinski definition) is 1. The minimum absolute atomic E-state index is 0.300. The first-order valence-corrected chi connectivity index (χ1v) is 11.5. The monoisotopic (exact) mass is 424 g/mol. The molecule has 1 atom stereocenters. The molecule has 0 radical (unpaired) electrons. The number of carbonyl (C=O) groups is 2. The molecule has 0 saturated carbocycles. The van der Waals surface area contributed by atoms with Gasteiger partial charge in [-0.15, -0.1) is 0 Å². The molecule has 1 rings (SSSR count). The average molecular weight is 425 g/mol. The number of esters is 1. The maximum Gasteiger partial charge on any atom is 0.356 e. The third-order valence-corrected chi connectivity index (χ3v) is 6.05. The Morgan fingerprint density at radius 3 is 2.28 bits per heavy atom. The molecule has 1 aromatic heterocycles. The summed E-state index contributed by atoms with van der Waals surface area (Å²) in [5.74, 6) is -1.41. The van der Waals surface area contributed by atoms with Crippen LogP contribution in [0.25, 0.3) is 0 Å². The van der Waals surface area contributed by atoms with E-state index < -0.39 is 17.2 Å². The average Bonchev–Trinajstić information content (AvgIpc) is 3.07. The molecule has 0 spiro atoms. The van der Waals surface area contributed by atoms with Gasteiger partial charge in [-0.25, -0.2) is 9.78 Å². The summed E-state index contributed by atoms with van der Waals surface area (Å²) in [7, 11) is 2.98. The highest BCUT2D eigenvalue weighted by Crippen LogP contribution is 2.24. The van der Waals surface area contributed by atoms with Crippen molar-refractivity contribution in [2.45, 2.75) is 88.0 Å². The van der Waals surface area contributed by atoms with Gasteiger partial charge in [0.1, 0.15) is 10.9 Å². The van der Waals surface area contributed by atoms with Crippen molar-refractivity contribution in [1.82, 2.24) is 9.55 Å². The second-order valence-electron chi connectivity index (χ2n) is 7.25. The maximum absolute atomic E-state index is 11.6. The molecule has 0 amide bonds. The highest BCUT2D eigenvalue weighted by atomic mass is 32.2. The summed E-state index contributed by atoms with van der Waals surface area (Å²) in [4.78, 5) is 27.3. The van der Waals surface area contributed by atoms with Gasteiger partial charge >= 0.3 is 11.9 Å². The smallest absolute Gasteiger partial charge is 0.356 e. The number of carboxylic acid groups (broad SMARTS) is 1. The van der Waals surface area contributed by atoms with Crippen molar-refractivity contribution in [2.75, 3.05) is 7.11 Å². The van der Waals surface area contributed by atoms with Crippen LogP contribution in [0.2, 0.25) is 0 Å². The topological polar surface area (TPSA) is 81.4 Å². The zero-order valence-corrected chi connectivity index (χ0v) is 18.9. The van der Waals surface area contributed by atoms with Gasteiger partial charge in [0, 0.05) is 7.05 Å². The number of aromatic nitrogens is 2. The molecule has 0 aliphatic carbocycles. The van der Waals surface area contributed by atoms with E-state index in [1.54, 1.807) is 17.7 Å². The molecule has 0 aromatic carbocycles. The number of nitrogens with zero attached hydrogens (tertiary/aromatic N) is 2. The van der Waals surface area contributed by atoms with Crippen LogP contribution in [-0.4, -0.2) is 39.0 Å². The van der Waals surface area contributed by atoms with Gasteiger partial charge in [0.25, 0.3) is 0 Å². The van der Waals surface area contributed by atoms with E-state index in [4.69, 9.17) is 4.74 Å². The van der Waals surface area contributed by atoms with Crippen LogP contribution >= 0.6 is 11.8 Å². The Morgan fingerprint density at radius 1 is 1.14 bits per heavy atom. The fourth-order valence-electron chi connectivity index (χ4n) is 3.05. The predicted molar refractivity (Wildman–Crippen MR) is 117 cm³/mol. The number of rotatable bonds is 16. The first-order chi connectivity index (χ1) is 14.0. The molecular weight excluding hydrogens is 388 g/mol. The van der Waals surface area contributed by atoms with Gasteiger partial charge in [-0.05, 0) is 12.8 Å². The largest absolute Gasteiger partial charge is 0.480 e. The lowest BCUT2D eigenvalue weighted by Crippen LogP contribution is -2.15. The Labute approximate surface area is 179 Å². The third kappa shape index (κ3) is 10.0. The first-order valence-electron chi connectivity index (χ1n) is 10.7. The SMILES string of the molecule is CCCCCCCCCCCC/C=C\C(Sc1ncc(C(=O)OC)n1C)C(=O)O. The van der Waals surface area contributed by atoms with Crippen LogP contribution in [0.5, 0.6) is 0 Å². The lowest BCUT2D eigenvalue weighted by Gasteiger charge is -2.08. The Kier molecular flexibility index (Phi) is 13.2. The summed E-state index contributed by atoms with van der Waals surface area (Å²) in [5, 5.41) is 9.21. The van der Waals surface area contributed by atoms with Crippen molar-refractivity contribution in [3.8, 4) is 0 Å². The predicted octanol–water partition coefficient (Wildman–Crippen LogP) is 5.62. The van der Waals surface area contributed by atoms with Crippen LogP contribution in [0.3, 0.4) is 0 Å². The highest BCUT2D eigenvalue weighted by molar-refractivity contribution is 8.00. The first kappa shape index (κ1) is 25.3. The fraction of sp³-hybridized carbons (Fsp3) is 0.682. The number of aliphatic carboxylic acids is 1. The lowest BCUT2D eigenvalue weighted by atomic mass is 10.1. The second-order valence-corrected chi connectivity index (χ2v) is 8.36. The maximum atomic E-state index is 11.6. The fourth-order valence-corrected chi connectivity index (χ4v) is 3.94. The van der Waals surface area contributed by atoms with Gasteiger partial charge in [0.2, 0.25) is 0 Å². The molecule has 1 aromatic rings. The standard InChI is InChI=1S/C22H36N2O4S/c1-4-5-6-7-8-9-10-11-12-13-14-15-16-19(20(25)26)29-22-23-17-18(24(22)2)21(27)28-3/h15-17,19H,4-14H2,1-3H3,(H,25,26)/b16-15-. The molecule has 1 heterocycles. The molecule has 1 unspecified atom stereocenters. The molecule has 1 N–H and O–H groups in total. The number of thioether (sulfide) groups is 1. The third-order valence-electron chi connectivity index (χ3n) is 4.85. The van der Waals surface area contributed by atoms with Crippen LogP contribution in [0.15, 0.2) is 23.5 Å². The molecule has 0 bridgehead atoms. The molecule has 0 fully saturated rings. The Balaban J connectivity index is 2.29. The van der Waals surface area contributed by atoms with E-state index in [0.717, 1.165) is 24.6 Å². The van der Waals surface area contributed by atoms with E-state index >= 15 is 0 Å². The van der Waals surface area contributed by atoms with Crippen molar-refractivity contribution in [3.63, 3.8) is 0 Å². The number of ether oxygens (including phenoxy) is 1. The van der Waals surface area contributed by atoms with Crippen LogP contribution in [0.1, 0.15) is 88.0 Å². The molecule has 7 heteroatoms. The minimum atomic E-state index is -0.919. The lowest BCUT2D eigenvalue weighted by molar-refractivity contribution is -0.135. The molecular formula is C22H36N2O4S. The minimum Gasteiger partial charge on any atom is -0.480 e. The van der Waals surface area contributed by atoms with E-state index in [-0.39, 0.29) is 0 Å². The van der Waals surface area contributed by atoms with Crippen LogP contribution in [0, 0.1) is 0 Å². The number of carbonyl (C=O) groups excluding carboxylic acids is 1. The number of methoxy groups -OCH3 is 1. The summed E-state index contributed by atoms with van der Waals surface area (Å²) in [6.45, 7) is 2.24. The second kappa shape index (κ2) is 15.1. The summed E-state index contributed by atoms with van der Waals surface area (Å²) in [5.41, 5.74) is 0.300. The molecule has 29 heavy (non-hydrogen) atoms. The zero-order valence-electron chi connectivity index (χ0n) is 18.1. The van der Waals surface area contributed by atoms with Crippen molar-refractivity contribution < 1.29 is 19.4 Å². The Hall–Kier alpha value is -1.76. The van der Waals surface area contributed by atoms with Crippen molar-refractivity contribution in [1.29, 1.82) is 0 Å². The number of hydrogen-bond acceptors (Lipinski definition) is 5. The van der Waals surface area contributed by atoms with Crippen LogP contribution in [-0.2, 0) is 16.6 Å². The van der Waals surface area contributed by atoms with Crippen molar-refractivity contribution >= 4 is 23.7 Å². The van der Waals surface area contributed by atoms with Gasteiger partial charge in [-0.2, -0.15) is 0 Å². The summed E-state index contributed by atoms with van der Waals surface area (Å²) in [6, 6.07) is 0. The number of carboxylic acids is 1. The molecule has 0 saturated heterocycles. The van der Waals surface area contributed by atoms with E-state index in [1.165, 1.54) is 71.1 Å². The zero-order chi connectivity index (χ0) is 21.5. The molecule has 0 aliphatic rings. The molecule has 0 aliphatic heterocycles. The normalized spacial score (nSPS) is 12.4. The van der Waals surface area contributed by atoms with E-state index in [1.807, 2.05) is 6.08 Å². The highest BCUT2D eigenvalue weighted by Gasteiger charge is 2.21. The number of unbranched alkanes of at least 4 members (excludes halogenated alkanes) is 10. The van der Waals surface area contributed by atoms with Crippen LogP contribution in [0.4, 0.5) is 0 Å². The van der Waals surface area contributed by atoms with Gasteiger partial charge < -0.3 is 14.4 Å². The number of imidazole rings is 1. The van der Waals surface area contributed by atoms with Crippen molar-refractivity contribution in [2.24, 2.45) is 7.05 Å². The van der Waals surface area contributed by atoms with Crippen molar-refractivity contribution in [3.05, 3.63) is 24.0 Å². The van der Waals surface area contributed by atoms with E-state index in [0.29, 0.717) is 10.9 Å². The molecule has 164 valence electrons. The Bertz CT molecular complexity index is 643. The molecule has 6 nitrogen and oxygen atoms in total. The van der Waals surface area contributed by atoms with Gasteiger partial charge in [-0.1, -0.05) is 88.6 Å². The van der Waals surface area contributed by atoms with Gasteiger partial charge in [0.05, 0.1) is 13.3 Å². The summed E-state index contributed by atoms with van der Waals surface area (Å²) in [6.07, 6.45) is 18.8. The Morgan fingerprint density at radius 2 is 1.72 bits per heavy atom. The number of allylic oxidation sites excluding steroid dienone is 1. The van der Waals surface area contributed by atoms with Gasteiger partial charge in [-0.3, -0.25) is 4.79 Å². The summed E-state index contributed by atoms with van der Waals surface area (Å²) >= 11 is 1.11. The van der Waals surface area contributed by atoms with E-state index in [2.05, 4.69) is 11.9 Å². The quantitative estimate of drug-likeness (QED) is 0.160.